The highest BCUT2D eigenvalue weighted by Gasteiger charge is 2.24. The van der Waals surface area contributed by atoms with Crippen LogP contribution in [-0.4, -0.2) is 41.6 Å². The van der Waals surface area contributed by atoms with E-state index in [9.17, 15) is 14.4 Å². The molecule has 1 amide bonds. The molecule has 0 aromatic carbocycles. The van der Waals surface area contributed by atoms with E-state index >= 15 is 0 Å². The van der Waals surface area contributed by atoms with Gasteiger partial charge >= 0.3 is 11.9 Å². The molecule has 1 aliphatic rings. The Morgan fingerprint density at radius 2 is 1.90 bits per heavy atom. The Kier molecular flexibility index (Phi) is 7.14. The number of hydrogen-bond acceptors (Lipinski definition) is 5. The summed E-state index contributed by atoms with van der Waals surface area (Å²) in [5.74, 6) is -1.94. The summed E-state index contributed by atoms with van der Waals surface area (Å²) >= 11 is 0. The number of nitrogens with one attached hydrogen (secondary N) is 1. The van der Waals surface area contributed by atoms with Crippen LogP contribution in [0.1, 0.15) is 45.4 Å². The van der Waals surface area contributed by atoms with Crippen molar-refractivity contribution in [3.63, 3.8) is 0 Å². The molecule has 0 aromatic heterocycles. The van der Waals surface area contributed by atoms with E-state index in [2.05, 4.69) is 5.32 Å². The lowest BCUT2D eigenvalue weighted by Crippen LogP contribution is -2.47. The van der Waals surface area contributed by atoms with Gasteiger partial charge in [-0.05, 0) is 19.8 Å². The number of esters is 1. The van der Waals surface area contributed by atoms with Crippen molar-refractivity contribution < 1.29 is 24.2 Å². The minimum Gasteiger partial charge on any atom is -0.481 e. The van der Waals surface area contributed by atoms with Gasteiger partial charge in [0.05, 0.1) is 24.4 Å². The highest BCUT2D eigenvalue weighted by Crippen LogP contribution is 2.24. The first kappa shape index (κ1) is 17.4. The fourth-order valence-electron chi connectivity index (χ4n) is 2.34. The molecule has 0 spiro atoms. The lowest BCUT2D eigenvalue weighted by atomic mass is 9.89. The summed E-state index contributed by atoms with van der Waals surface area (Å²) in [6.45, 7) is 1.75. The number of carbonyl (C=O) groups is 3. The third kappa shape index (κ3) is 6.57. The van der Waals surface area contributed by atoms with Crippen molar-refractivity contribution in [3.8, 4) is 0 Å². The van der Waals surface area contributed by atoms with Crippen LogP contribution in [0.4, 0.5) is 0 Å². The number of nitrogens with two attached hydrogens (primary N) is 1. The molecule has 0 bridgehead atoms. The molecule has 0 saturated heterocycles. The quantitative estimate of drug-likeness (QED) is 0.586. The maximum Gasteiger partial charge on any atom is 0.309 e. The summed E-state index contributed by atoms with van der Waals surface area (Å²) in [6, 6.07) is -1.50. The molecule has 1 aliphatic carbocycles. The first-order valence-corrected chi connectivity index (χ1v) is 7.34. The minimum atomic E-state index is -1.13. The Morgan fingerprint density at radius 1 is 1.29 bits per heavy atom. The van der Waals surface area contributed by atoms with Gasteiger partial charge in [-0.2, -0.15) is 0 Å². The summed E-state index contributed by atoms with van der Waals surface area (Å²) in [7, 11) is 0. The SMILES string of the molecule is C[C@@H](COC(=O)C1CCCCC1)NC(=O)[C@H](N)CC(=O)O. The van der Waals surface area contributed by atoms with E-state index < -0.39 is 30.4 Å². The molecule has 7 nitrogen and oxygen atoms in total. The van der Waals surface area contributed by atoms with Crippen LogP contribution in [0.15, 0.2) is 0 Å². The lowest BCUT2D eigenvalue weighted by molar-refractivity contribution is -0.150. The topological polar surface area (TPSA) is 119 Å². The molecular weight excluding hydrogens is 276 g/mol. The zero-order chi connectivity index (χ0) is 15.8. The van der Waals surface area contributed by atoms with Gasteiger partial charge in [-0.25, -0.2) is 0 Å². The standard InChI is InChI=1S/C14H24N2O5/c1-9(16-13(19)11(15)7-12(17)18)8-21-14(20)10-5-3-2-4-6-10/h9-11H,2-8,15H2,1H3,(H,16,19)(H,17,18)/t9-,11+/m0/s1. The molecule has 21 heavy (non-hydrogen) atoms. The number of ether oxygens (including phenoxy) is 1. The first-order valence-electron chi connectivity index (χ1n) is 7.34. The van der Waals surface area contributed by atoms with Crippen molar-refractivity contribution in [2.75, 3.05) is 6.61 Å². The lowest BCUT2D eigenvalue weighted by Gasteiger charge is -2.22. The smallest absolute Gasteiger partial charge is 0.309 e. The number of amides is 1. The highest BCUT2D eigenvalue weighted by atomic mass is 16.5. The number of carboxylic acids is 1. The Balaban J connectivity index is 2.26. The second-order valence-corrected chi connectivity index (χ2v) is 5.58. The van der Waals surface area contributed by atoms with E-state index in [1.165, 1.54) is 0 Å². The van der Waals surface area contributed by atoms with Crippen molar-refractivity contribution in [2.45, 2.75) is 57.5 Å². The van der Waals surface area contributed by atoms with Crippen molar-refractivity contribution >= 4 is 17.8 Å². The van der Waals surface area contributed by atoms with Gasteiger partial charge in [0.25, 0.3) is 0 Å². The summed E-state index contributed by atoms with van der Waals surface area (Å²) in [5, 5.41) is 11.1. The predicted molar refractivity (Wildman–Crippen MR) is 75.4 cm³/mol. The van der Waals surface area contributed by atoms with Crippen molar-refractivity contribution in [2.24, 2.45) is 11.7 Å². The maximum absolute atomic E-state index is 11.8. The molecule has 7 heteroatoms. The zero-order valence-corrected chi connectivity index (χ0v) is 12.3. The van der Waals surface area contributed by atoms with Crippen molar-refractivity contribution in [1.82, 2.24) is 5.32 Å². The van der Waals surface area contributed by atoms with E-state index in [1.807, 2.05) is 0 Å². The average Bonchev–Trinajstić information content (AvgIpc) is 2.44. The molecule has 120 valence electrons. The van der Waals surface area contributed by atoms with Gasteiger partial charge in [0.2, 0.25) is 5.91 Å². The van der Waals surface area contributed by atoms with Gasteiger partial charge in [-0.15, -0.1) is 0 Å². The molecule has 1 saturated carbocycles. The van der Waals surface area contributed by atoms with E-state index in [1.54, 1.807) is 6.92 Å². The number of aliphatic carboxylic acids is 1. The van der Waals surface area contributed by atoms with Crippen molar-refractivity contribution in [1.29, 1.82) is 0 Å². The van der Waals surface area contributed by atoms with Crippen LogP contribution in [0.3, 0.4) is 0 Å². The summed E-state index contributed by atoms with van der Waals surface area (Å²) in [4.78, 5) is 33.9. The van der Waals surface area contributed by atoms with Crippen LogP contribution in [0.2, 0.25) is 0 Å². The normalized spacial score (nSPS) is 18.6. The van der Waals surface area contributed by atoms with Gasteiger partial charge in [-0.3, -0.25) is 14.4 Å². The Hall–Kier alpha value is -1.63. The van der Waals surface area contributed by atoms with Gasteiger partial charge in [0.15, 0.2) is 0 Å². The monoisotopic (exact) mass is 300 g/mol. The van der Waals surface area contributed by atoms with E-state index in [4.69, 9.17) is 15.6 Å². The fraction of sp³-hybridized carbons (Fsp3) is 0.786. The second kappa shape index (κ2) is 8.61. The Bertz CT molecular complexity index is 380. The van der Waals surface area contributed by atoms with Crippen LogP contribution >= 0.6 is 0 Å². The van der Waals surface area contributed by atoms with Gasteiger partial charge in [-0.1, -0.05) is 19.3 Å². The second-order valence-electron chi connectivity index (χ2n) is 5.58. The van der Waals surface area contributed by atoms with Crippen LogP contribution < -0.4 is 11.1 Å². The summed E-state index contributed by atoms with van der Waals surface area (Å²) in [6.07, 6.45) is 4.57. The molecule has 1 fully saturated rings. The molecule has 0 aliphatic heterocycles. The van der Waals surface area contributed by atoms with Gasteiger partial charge in [0, 0.05) is 0 Å². The fourth-order valence-corrected chi connectivity index (χ4v) is 2.34. The molecule has 2 atom stereocenters. The van der Waals surface area contributed by atoms with E-state index in [0.717, 1.165) is 32.1 Å². The third-order valence-electron chi connectivity index (χ3n) is 3.53. The maximum atomic E-state index is 11.8. The third-order valence-corrected chi connectivity index (χ3v) is 3.53. The molecule has 0 unspecified atom stereocenters. The molecule has 0 radical (unpaired) electrons. The Morgan fingerprint density at radius 3 is 2.48 bits per heavy atom. The van der Waals surface area contributed by atoms with Crippen LogP contribution in [0.25, 0.3) is 0 Å². The van der Waals surface area contributed by atoms with Gasteiger partial charge < -0.3 is 20.9 Å². The predicted octanol–water partition coefficient (Wildman–Crippen LogP) is 0.417. The average molecular weight is 300 g/mol. The van der Waals surface area contributed by atoms with Crippen LogP contribution in [0, 0.1) is 5.92 Å². The zero-order valence-electron chi connectivity index (χ0n) is 12.3. The molecular formula is C14H24N2O5. The van der Waals surface area contributed by atoms with E-state index in [-0.39, 0.29) is 18.5 Å². The minimum absolute atomic E-state index is 0.0316. The summed E-state index contributed by atoms with van der Waals surface area (Å²) in [5.41, 5.74) is 5.44. The number of carbonyl (C=O) groups excluding carboxylic acids is 2. The molecule has 0 aromatic rings. The first-order chi connectivity index (χ1) is 9.90. The number of hydrogen-bond donors (Lipinski definition) is 3. The Labute approximate surface area is 124 Å². The number of rotatable bonds is 7. The van der Waals surface area contributed by atoms with E-state index in [0.29, 0.717) is 0 Å². The van der Waals surface area contributed by atoms with Crippen LogP contribution in [0.5, 0.6) is 0 Å². The molecule has 1 rings (SSSR count). The summed E-state index contributed by atoms with van der Waals surface area (Å²) < 4.78 is 5.19. The highest BCUT2D eigenvalue weighted by molar-refractivity contribution is 5.86. The van der Waals surface area contributed by atoms with Crippen LogP contribution in [-0.2, 0) is 19.1 Å². The largest absolute Gasteiger partial charge is 0.481 e. The van der Waals surface area contributed by atoms with Crippen molar-refractivity contribution in [3.05, 3.63) is 0 Å². The number of carboxylic acid groups (broad SMARTS) is 1. The molecule has 0 heterocycles. The van der Waals surface area contributed by atoms with Gasteiger partial charge in [0.1, 0.15) is 6.61 Å². The molecule has 4 N–H and O–H groups in total.